The molecule has 0 saturated heterocycles. The molecular formula is C29H22BrN3O7S. The molecule has 0 radical (unpaired) electrons. The van der Waals surface area contributed by atoms with Crippen molar-refractivity contribution in [2.45, 2.75) is 17.4 Å². The van der Waals surface area contributed by atoms with Gasteiger partial charge >= 0.3 is 5.97 Å². The van der Waals surface area contributed by atoms with E-state index in [1.54, 1.807) is 42.5 Å². The number of non-ortho nitro benzene ring substituents is 1. The van der Waals surface area contributed by atoms with Crippen molar-refractivity contribution >= 4 is 54.9 Å². The van der Waals surface area contributed by atoms with Crippen molar-refractivity contribution in [1.82, 2.24) is 0 Å². The predicted molar refractivity (Wildman–Crippen MR) is 155 cm³/mol. The molecule has 1 aliphatic heterocycles. The maximum atomic E-state index is 13.5. The molecule has 1 heterocycles. The molecule has 1 N–H and O–H groups in total. The topological polar surface area (TPSA) is 136 Å². The van der Waals surface area contributed by atoms with Crippen molar-refractivity contribution < 1.29 is 27.7 Å². The van der Waals surface area contributed by atoms with Gasteiger partial charge < -0.3 is 10.1 Å². The number of nitro groups is 1. The summed E-state index contributed by atoms with van der Waals surface area (Å²) in [5.74, 6) is -1.62. The fourth-order valence-corrected chi connectivity index (χ4v) is 6.48. The zero-order valence-electron chi connectivity index (χ0n) is 21.3. The second-order valence-electron chi connectivity index (χ2n) is 9.09. The first-order chi connectivity index (χ1) is 19.6. The van der Waals surface area contributed by atoms with Crippen LogP contribution < -0.4 is 9.62 Å². The molecule has 1 amide bonds. The summed E-state index contributed by atoms with van der Waals surface area (Å²) in [6, 6.07) is 24.8. The standard InChI is InChI=1S/C29H22BrN3O7S/c30-24-18-22(33(36)37)13-14-25(24)31-28(34)27(20-8-2-1-3-9-20)40-29(35)21-10-6-11-23(17-21)41(38,39)32-16-15-19-7-4-5-12-26(19)32/h1-14,17-18,27H,15-16H2,(H,31,34). The Balaban J connectivity index is 1.40. The molecule has 4 aromatic carbocycles. The van der Waals surface area contributed by atoms with Gasteiger partial charge in [-0.05, 0) is 58.2 Å². The number of carbonyl (C=O) groups is 2. The van der Waals surface area contributed by atoms with Crippen molar-refractivity contribution in [2.24, 2.45) is 0 Å². The van der Waals surface area contributed by atoms with Gasteiger partial charge in [0.05, 0.1) is 26.8 Å². The van der Waals surface area contributed by atoms with Crippen molar-refractivity contribution in [1.29, 1.82) is 0 Å². The van der Waals surface area contributed by atoms with E-state index >= 15 is 0 Å². The number of anilines is 2. The molecule has 4 aromatic rings. The summed E-state index contributed by atoms with van der Waals surface area (Å²) in [6.07, 6.45) is -0.827. The van der Waals surface area contributed by atoms with E-state index in [-0.39, 0.29) is 32.9 Å². The number of fused-ring (bicyclic) bond motifs is 1. The predicted octanol–water partition coefficient (Wildman–Crippen LogP) is 5.65. The number of nitro benzene ring substituents is 1. The van der Waals surface area contributed by atoms with Gasteiger partial charge in [-0.3, -0.25) is 19.2 Å². The summed E-state index contributed by atoms with van der Waals surface area (Å²) >= 11 is 3.21. The zero-order valence-corrected chi connectivity index (χ0v) is 23.7. The monoisotopic (exact) mass is 635 g/mol. The molecule has 10 nitrogen and oxygen atoms in total. The van der Waals surface area contributed by atoms with E-state index in [0.717, 1.165) is 5.56 Å². The van der Waals surface area contributed by atoms with Gasteiger partial charge in [0.25, 0.3) is 21.6 Å². The Morgan fingerprint density at radius 1 is 0.951 bits per heavy atom. The highest BCUT2D eigenvalue weighted by molar-refractivity contribution is 9.10. The van der Waals surface area contributed by atoms with E-state index in [1.807, 2.05) is 12.1 Å². The van der Waals surface area contributed by atoms with Crippen LogP contribution in [0.25, 0.3) is 0 Å². The van der Waals surface area contributed by atoms with Gasteiger partial charge in [-0.25, -0.2) is 13.2 Å². The first kappa shape index (κ1) is 28.0. The molecule has 1 atom stereocenters. The van der Waals surface area contributed by atoms with E-state index < -0.39 is 32.9 Å². The lowest BCUT2D eigenvalue weighted by Crippen LogP contribution is -2.29. The third kappa shape index (κ3) is 5.83. The van der Waals surface area contributed by atoms with E-state index in [1.165, 1.54) is 46.8 Å². The number of nitrogens with zero attached hydrogens (tertiary/aromatic N) is 2. The van der Waals surface area contributed by atoms with E-state index in [0.29, 0.717) is 17.7 Å². The number of sulfonamides is 1. The number of esters is 1. The molecule has 1 aliphatic rings. The Hall–Kier alpha value is -4.55. The van der Waals surface area contributed by atoms with Crippen LogP contribution in [0.2, 0.25) is 0 Å². The number of nitrogens with one attached hydrogen (secondary N) is 1. The summed E-state index contributed by atoms with van der Waals surface area (Å²) in [5, 5.41) is 13.7. The zero-order chi connectivity index (χ0) is 29.1. The number of rotatable bonds is 8. The largest absolute Gasteiger partial charge is 0.444 e. The molecule has 0 aromatic heterocycles. The normalized spacial score (nSPS) is 13.2. The number of carbonyl (C=O) groups excluding carboxylic acids is 2. The van der Waals surface area contributed by atoms with Crippen LogP contribution in [-0.4, -0.2) is 31.8 Å². The third-order valence-electron chi connectivity index (χ3n) is 6.49. The highest BCUT2D eigenvalue weighted by Gasteiger charge is 2.32. The Kier molecular flexibility index (Phi) is 7.86. The van der Waals surface area contributed by atoms with Crippen LogP contribution in [0.1, 0.15) is 27.6 Å². The van der Waals surface area contributed by atoms with Crippen LogP contribution in [-0.2, 0) is 26.0 Å². The minimum absolute atomic E-state index is 0.0520. The van der Waals surface area contributed by atoms with Crippen LogP contribution in [0.5, 0.6) is 0 Å². The second-order valence-corrected chi connectivity index (χ2v) is 11.8. The molecular weight excluding hydrogens is 614 g/mol. The van der Waals surface area contributed by atoms with Crippen LogP contribution in [0, 0.1) is 10.1 Å². The number of amides is 1. The van der Waals surface area contributed by atoms with Crippen molar-refractivity contribution in [2.75, 3.05) is 16.2 Å². The van der Waals surface area contributed by atoms with Crippen LogP contribution in [0.4, 0.5) is 17.1 Å². The number of halogens is 1. The summed E-state index contributed by atoms with van der Waals surface area (Å²) in [7, 11) is -3.97. The lowest BCUT2D eigenvalue weighted by Gasteiger charge is -2.20. The molecule has 1 unspecified atom stereocenters. The molecule has 208 valence electrons. The summed E-state index contributed by atoms with van der Waals surface area (Å²) in [6.45, 7) is 0.283. The van der Waals surface area contributed by atoms with E-state index in [2.05, 4.69) is 21.2 Å². The first-order valence-electron chi connectivity index (χ1n) is 12.4. The molecule has 0 fully saturated rings. The highest BCUT2D eigenvalue weighted by Crippen LogP contribution is 2.33. The Labute approximate surface area is 243 Å². The number of ether oxygens (including phenoxy) is 1. The SMILES string of the molecule is O=C(OC(C(=O)Nc1ccc([N+](=O)[O-])cc1Br)c1ccccc1)c1cccc(S(=O)(=O)N2CCc3ccccc32)c1. The molecule has 0 aliphatic carbocycles. The lowest BCUT2D eigenvalue weighted by atomic mass is 10.1. The maximum Gasteiger partial charge on any atom is 0.339 e. The molecule has 0 bridgehead atoms. The van der Waals surface area contributed by atoms with Gasteiger partial charge in [-0.1, -0.05) is 54.6 Å². The fourth-order valence-electron chi connectivity index (χ4n) is 4.46. The van der Waals surface area contributed by atoms with Gasteiger partial charge in [0.15, 0.2) is 0 Å². The molecule has 5 rings (SSSR count). The van der Waals surface area contributed by atoms with E-state index in [4.69, 9.17) is 4.74 Å². The van der Waals surface area contributed by atoms with Crippen molar-refractivity contribution in [3.8, 4) is 0 Å². The summed E-state index contributed by atoms with van der Waals surface area (Å²) in [5.41, 5.74) is 1.89. The van der Waals surface area contributed by atoms with Gasteiger partial charge in [0.1, 0.15) is 0 Å². The minimum atomic E-state index is -3.97. The average molecular weight is 636 g/mol. The van der Waals surface area contributed by atoms with Crippen molar-refractivity contribution in [3.63, 3.8) is 0 Å². The van der Waals surface area contributed by atoms with Gasteiger partial charge in [0.2, 0.25) is 6.10 Å². The van der Waals surface area contributed by atoms with Gasteiger partial charge in [0, 0.05) is 28.7 Å². The van der Waals surface area contributed by atoms with Gasteiger partial charge in [-0.15, -0.1) is 0 Å². The summed E-state index contributed by atoms with van der Waals surface area (Å²) < 4.78 is 34.2. The third-order valence-corrected chi connectivity index (χ3v) is 8.95. The van der Waals surface area contributed by atoms with Crippen LogP contribution in [0.3, 0.4) is 0 Å². The minimum Gasteiger partial charge on any atom is -0.444 e. The Morgan fingerprint density at radius 3 is 2.41 bits per heavy atom. The summed E-state index contributed by atoms with van der Waals surface area (Å²) in [4.78, 5) is 37.0. The molecule has 12 heteroatoms. The van der Waals surface area contributed by atoms with Crippen molar-refractivity contribution in [3.05, 3.63) is 128 Å². The quantitative estimate of drug-likeness (QED) is 0.150. The molecule has 41 heavy (non-hydrogen) atoms. The maximum absolute atomic E-state index is 13.5. The highest BCUT2D eigenvalue weighted by atomic mass is 79.9. The smallest absolute Gasteiger partial charge is 0.339 e. The number of hydrogen-bond donors (Lipinski definition) is 1. The van der Waals surface area contributed by atoms with Crippen LogP contribution >= 0.6 is 15.9 Å². The average Bonchev–Trinajstić information content (AvgIpc) is 3.42. The Bertz CT molecular complexity index is 1760. The number of para-hydroxylation sites is 1. The molecule has 0 spiro atoms. The number of hydrogen-bond acceptors (Lipinski definition) is 7. The Morgan fingerprint density at radius 2 is 1.68 bits per heavy atom. The van der Waals surface area contributed by atoms with E-state index in [9.17, 15) is 28.1 Å². The first-order valence-corrected chi connectivity index (χ1v) is 14.6. The van der Waals surface area contributed by atoms with Crippen LogP contribution in [0.15, 0.2) is 106 Å². The lowest BCUT2D eigenvalue weighted by molar-refractivity contribution is -0.384. The molecule has 0 saturated carbocycles. The fraction of sp³-hybridized carbons (Fsp3) is 0.103. The number of benzene rings is 4. The van der Waals surface area contributed by atoms with Gasteiger partial charge in [-0.2, -0.15) is 0 Å². The second kappa shape index (κ2) is 11.5.